The van der Waals surface area contributed by atoms with E-state index < -0.39 is 0 Å². The molecule has 1 aromatic rings. The Morgan fingerprint density at radius 3 is 2.24 bits per heavy atom. The fraction of sp³-hybridized carbons (Fsp3) is 0.500. The average Bonchev–Trinajstić information content (AvgIpc) is 2.25. The highest BCUT2D eigenvalue weighted by atomic mass is 19.1. The Balaban J connectivity index is 2.98. The molecule has 2 nitrogen and oxygen atoms in total. The normalized spacial score (nSPS) is 13.2. The van der Waals surface area contributed by atoms with E-state index in [0.717, 1.165) is 5.56 Å². The molecule has 0 aliphatic heterocycles. The maximum absolute atomic E-state index is 12.9. The van der Waals surface area contributed by atoms with Crippen LogP contribution in [0.5, 0.6) is 0 Å². The molecule has 0 saturated carbocycles. The van der Waals surface area contributed by atoms with Gasteiger partial charge >= 0.3 is 0 Å². The van der Waals surface area contributed by atoms with Crippen molar-refractivity contribution in [2.24, 2.45) is 5.41 Å². The van der Waals surface area contributed by atoms with Crippen LogP contribution in [-0.2, 0) is 4.79 Å². The summed E-state index contributed by atoms with van der Waals surface area (Å²) in [6, 6.07) is 6.40. The minimum Gasteiger partial charge on any atom is -0.359 e. The van der Waals surface area contributed by atoms with Crippen molar-refractivity contribution in [2.45, 2.75) is 33.1 Å². The van der Waals surface area contributed by atoms with E-state index in [9.17, 15) is 9.18 Å². The molecule has 1 unspecified atom stereocenters. The molecular weight excluding hydrogens is 217 g/mol. The third-order valence-corrected chi connectivity index (χ3v) is 2.99. The maximum Gasteiger partial charge on any atom is 0.220 e. The first-order chi connectivity index (χ1) is 7.84. The summed E-state index contributed by atoms with van der Waals surface area (Å²) >= 11 is 0. The van der Waals surface area contributed by atoms with E-state index in [0.29, 0.717) is 6.42 Å². The van der Waals surface area contributed by atoms with Gasteiger partial charge in [-0.05, 0) is 29.0 Å². The smallest absolute Gasteiger partial charge is 0.220 e. The maximum atomic E-state index is 12.9. The van der Waals surface area contributed by atoms with Crippen molar-refractivity contribution in [1.29, 1.82) is 0 Å². The number of rotatable bonds is 3. The predicted molar refractivity (Wildman–Crippen MR) is 67.3 cm³/mol. The lowest BCUT2D eigenvalue weighted by atomic mass is 9.74. The van der Waals surface area contributed by atoms with E-state index >= 15 is 0 Å². The summed E-state index contributed by atoms with van der Waals surface area (Å²) in [5.41, 5.74) is 0.965. The van der Waals surface area contributed by atoms with E-state index in [1.165, 1.54) is 12.1 Å². The third-order valence-electron chi connectivity index (χ3n) is 2.99. The van der Waals surface area contributed by atoms with Crippen LogP contribution < -0.4 is 5.32 Å². The Morgan fingerprint density at radius 1 is 1.29 bits per heavy atom. The molecule has 94 valence electrons. The summed E-state index contributed by atoms with van der Waals surface area (Å²) in [5.74, 6) is -0.154. The zero-order valence-corrected chi connectivity index (χ0v) is 10.9. The molecule has 1 rings (SSSR count). The number of benzene rings is 1. The first-order valence-electron chi connectivity index (χ1n) is 5.80. The number of hydrogen-bond donors (Lipinski definition) is 1. The van der Waals surface area contributed by atoms with E-state index in [1.54, 1.807) is 19.2 Å². The Hall–Kier alpha value is -1.38. The summed E-state index contributed by atoms with van der Waals surface area (Å²) < 4.78 is 12.9. The van der Waals surface area contributed by atoms with E-state index in [4.69, 9.17) is 0 Å². The Kier molecular flexibility index (Phi) is 4.27. The van der Waals surface area contributed by atoms with Crippen LogP contribution >= 0.6 is 0 Å². The summed E-state index contributed by atoms with van der Waals surface area (Å²) in [6.07, 6.45) is 0.422. The second kappa shape index (κ2) is 5.30. The lowest BCUT2D eigenvalue weighted by molar-refractivity contribution is -0.121. The minimum atomic E-state index is -0.249. The quantitative estimate of drug-likeness (QED) is 0.860. The van der Waals surface area contributed by atoms with Crippen molar-refractivity contribution in [2.75, 3.05) is 7.05 Å². The topological polar surface area (TPSA) is 29.1 Å². The number of amides is 1. The van der Waals surface area contributed by atoms with Gasteiger partial charge in [-0.2, -0.15) is 0 Å². The molecule has 0 spiro atoms. The van der Waals surface area contributed by atoms with Gasteiger partial charge in [-0.25, -0.2) is 4.39 Å². The van der Waals surface area contributed by atoms with Crippen LogP contribution in [0, 0.1) is 11.2 Å². The highest BCUT2D eigenvalue weighted by Gasteiger charge is 2.28. The zero-order valence-electron chi connectivity index (χ0n) is 10.9. The molecular formula is C14H20FNO. The van der Waals surface area contributed by atoms with Gasteiger partial charge in [0, 0.05) is 13.5 Å². The number of carbonyl (C=O) groups is 1. The van der Waals surface area contributed by atoms with E-state index in [1.807, 2.05) is 0 Å². The highest BCUT2D eigenvalue weighted by molar-refractivity contribution is 5.76. The van der Waals surface area contributed by atoms with Crippen molar-refractivity contribution < 1.29 is 9.18 Å². The molecule has 1 N–H and O–H groups in total. The van der Waals surface area contributed by atoms with E-state index in [-0.39, 0.29) is 23.1 Å². The van der Waals surface area contributed by atoms with Gasteiger partial charge in [-0.3, -0.25) is 4.79 Å². The first-order valence-corrected chi connectivity index (χ1v) is 5.80. The first kappa shape index (κ1) is 13.7. The van der Waals surface area contributed by atoms with E-state index in [2.05, 4.69) is 26.1 Å². The van der Waals surface area contributed by atoms with Gasteiger partial charge in [0.05, 0.1) is 0 Å². The van der Waals surface area contributed by atoms with Crippen LogP contribution in [-0.4, -0.2) is 13.0 Å². The van der Waals surface area contributed by atoms with Crippen molar-refractivity contribution in [3.63, 3.8) is 0 Å². The summed E-state index contributed by atoms with van der Waals surface area (Å²) in [5, 5.41) is 2.64. The van der Waals surface area contributed by atoms with Gasteiger partial charge in [0.1, 0.15) is 5.82 Å². The predicted octanol–water partition coefficient (Wildman–Crippen LogP) is 3.09. The molecule has 0 heterocycles. The Labute approximate surface area is 102 Å². The van der Waals surface area contributed by atoms with Crippen LogP contribution in [0.15, 0.2) is 24.3 Å². The lowest BCUT2D eigenvalue weighted by Gasteiger charge is -2.30. The molecule has 0 aromatic heterocycles. The molecule has 0 bridgehead atoms. The second-order valence-corrected chi connectivity index (χ2v) is 5.35. The fourth-order valence-corrected chi connectivity index (χ4v) is 1.91. The Bertz CT molecular complexity index is 378. The second-order valence-electron chi connectivity index (χ2n) is 5.35. The van der Waals surface area contributed by atoms with Crippen molar-refractivity contribution in [1.82, 2.24) is 5.32 Å². The fourth-order valence-electron chi connectivity index (χ4n) is 1.91. The SMILES string of the molecule is CNC(=O)CC(c1ccc(F)cc1)C(C)(C)C. The minimum absolute atomic E-state index is 0.00856. The summed E-state index contributed by atoms with van der Waals surface area (Å²) in [6.45, 7) is 6.26. The van der Waals surface area contributed by atoms with Gasteiger partial charge in [0.2, 0.25) is 5.91 Å². The van der Waals surface area contributed by atoms with Crippen LogP contribution in [0.3, 0.4) is 0 Å². The Morgan fingerprint density at radius 2 is 1.82 bits per heavy atom. The third kappa shape index (κ3) is 3.84. The number of hydrogen-bond acceptors (Lipinski definition) is 1. The lowest BCUT2D eigenvalue weighted by Crippen LogP contribution is -2.27. The van der Waals surface area contributed by atoms with Gasteiger partial charge in [0.15, 0.2) is 0 Å². The van der Waals surface area contributed by atoms with Gasteiger partial charge in [-0.1, -0.05) is 32.9 Å². The molecule has 1 atom stereocenters. The van der Waals surface area contributed by atoms with Crippen LogP contribution in [0.25, 0.3) is 0 Å². The molecule has 0 aliphatic carbocycles. The molecule has 0 saturated heterocycles. The molecule has 0 fully saturated rings. The van der Waals surface area contributed by atoms with Crippen LogP contribution in [0.1, 0.15) is 38.7 Å². The van der Waals surface area contributed by atoms with Gasteiger partial charge < -0.3 is 5.32 Å². The largest absolute Gasteiger partial charge is 0.359 e. The van der Waals surface area contributed by atoms with Crippen molar-refractivity contribution in [3.05, 3.63) is 35.6 Å². The number of carbonyl (C=O) groups excluding carboxylic acids is 1. The summed E-state index contributed by atoms with van der Waals surface area (Å²) in [7, 11) is 1.63. The number of halogens is 1. The van der Waals surface area contributed by atoms with Crippen molar-refractivity contribution in [3.8, 4) is 0 Å². The molecule has 3 heteroatoms. The molecule has 1 aromatic carbocycles. The van der Waals surface area contributed by atoms with Crippen molar-refractivity contribution >= 4 is 5.91 Å². The summed E-state index contributed by atoms with van der Waals surface area (Å²) in [4.78, 5) is 11.5. The molecule has 1 amide bonds. The average molecular weight is 237 g/mol. The molecule has 17 heavy (non-hydrogen) atoms. The monoisotopic (exact) mass is 237 g/mol. The highest BCUT2D eigenvalue weighted by Crippen LogP contribution is 2.37. The number of nitrogens with one attached hydrogen (secondary N) is 1. The molecule has 0 aliphatic rings. The van der Waals surface area contributed by atoms with Crippen LogP contribution in [0.4, 0.5) is 4.39 Å². The van der Waals surface area contributed by atoms with Crippen LogP contribution in [0.2, 0.25) is 0 Å². The molecule has 0 radical (unpaired) electrons. The standard InChI is InChI=1S/C14H20FNO/c1-14(2,3)12(9-13(17)16-4)10-5-7-11(15)8-6-10/h5-8,12H,9H2,1-4H3,(H,16,17). The zero-order chi connectivity index (χ0) is 13.1. The van der Waals surface area contributed by atoms with Gasteiger partial charge in [-0.15, -0.1) is 0 Å². The van der Waals surface area contributed by atoms with Gasteiger partial charge in [0.25, 0.3) is 0 Å².